The minimum absolute atomic E-state index is 0.141. The summed E-state index contributed by atoms with van der Waals surface area (Å²) in [5.74, 6) is 1.34. The minimum atomic E-state index is -0.141. The normalized spacial score (nSPS) is 12.4. The first-order valence-electron chi connectivity index (χ1n) is 10.2. The van der Waals surface area contributed by atoms with Gasteiger partial charge in [-0.25, -0.2) is 0 Å². The molecule has 3 aromatic carbocycles. The lowest BCUT2D eigenvalue weighted by Gasteiger charge is -2.18. The second-order valence-electron chi connectivity index (χ2n) is 7.42. The number of hydrogen-bond donors (Lipinski definition) is 2. The van der Waals surface area contributed by atoms with Gasteiger partial charge in [0.15, 0.2) is 11.5 Å². The molecule has 32 heavy (non-hydrogen) atoms. The molecule has 1 aliphatic rings. The van der Waals surface area contributed by atoms with E-state index in [1.165, 1.54) is 0 Å². The van der Waals surface area contributed by atoms with Crippen LogP contribution >= 0.6 is 11.6 Å². The van der Waals surface area contributed by atoms with Crippen molar-refractivity contribution in [3.63, 3.8) is 0 Å². The van der Waals surface area contributed by atoms with E-state index in [-0.39, 0.29) is 5.91 Å². The van der Waals surface area contributed by atoms with Gasteiger partial charge in [-0.05, 0) is 59.7 Å². The van der Waals surface area contributed by atoms with Crippen molar-refractivity contribution in [2.24, 2.45) is 0 Å². The second-order valence-corrected chi connectivity index (χ2v) is 7.85. The lowest BCUT2D eigenvalue weighted by molar-refractivity contribution is 0.0951. The van der Waals surface area contributed by atoms with Crippen LogP contribution in [0.5, 0.6) is 11.5 Å². The average molecular weight is 446 g/mol. The zero-order valence-corrected chi connectivity index (χ0v) is 17.9. The molecule has 5 rings (SSSR count). The number of amides is 1. The smallest absolute Gasteiger partial charge is 0.251 e. The third kappa shape index (κ3) is 4.31. The van der Waals surface area contributed by atoms with E-state index in [0.29, 0.717) is 30.3 Å². The molecule has 0 spiro atoms. The lowest BCUT2D eigenvalue weighted by Crippen LogP contribution is -2.22. The van der Waals surface area contributed by atoms with E-state index < -0.39 is 0 Å². The summed E-state index contributed by atoms with van der Waals surface area (Å²) >= 11 is 5.99. The molecule has 1 aromatic heterocycles. The highest BCUT2D eigenvalue weighted by Gasteiger charge is 2.14. The van der Waals surface area contributed by atoms with Gasteiger partial charge in [-0.3, -0.25) is 9.89 Å². The number of hydrogen-bond acceptors (Lipinski definition) is 4. The molecular weight excluding hydrogens is 426 g/mol. The molecule has 2 heterocycles. The van der Waals surface area contributed by atoms with Gasteiger partial charge in [0, 0.05) is 22.7 Å². The molecule has 1 aliphatic heterocycles. The van der Waals surface area contributed by atoms with Crippen molar-refractivity contribution >= 4 is 17.5 Å². The second kappa shape index (κ2) is 8.77. The van der Waals surface area contributed by atoms with Crippen LogP contribution in [0.2, 0.25) is 5.02 Å². The number of carbonyl (C=O) groups excluding carboxylic acids is 1. The van der Waals surface area contributed by atoms with Crippen LogP contribution in [-0.4, -0.2) is 29.3 Å². The molecule has 0 atom stereocenters. The molecule has 0 unspecified atom stereocenters. The number of H-pyrrole nitrogens is 1. The fourth-order valence-electron chi connectivity index (χ4n) is 3.55. The number of nitrogens with one attached hydrogen (secondary N) is 2. The summed E-state index contributed by atoms with van der Waals surface area (Å²) in [5, 5.41) is 11.1. The Bertz CT molecular complexity index is 1270. The summed E-state index contributed by atoms with van der Waals surface area (Å²) in [6.45, 7) is 1.52. The van der Waals surface area contributed by atoms with Crippen LogP contribution in [0.15, 0.2) is 72.8 Å². The van der Waals surface area contributed by atoms with E-state index in [0.717, 1.165) is 39.6 Å². The average Bonchev–Trinajstić information content (AvgIpc) is 3.33. The number of nitrogens with zero attached hydrogens (tertiary/aromatic N) is 1. The Morgan fingerprint density at radius 2 is 1.72 bits per heavy atom. The van der Waals surface area contributed by atoms with Crippen LogP contribution in [0.4, 0.5) is 0 Å². The minimum Gasteiger partial charge on any atom is -0.486 e. The first-order valence-corrected chi connectivity index (χ1v) is 10.6. The molecule has 7 heteroatoms. The Labute approximate surface area is 190 Å². The SMILES string of the molecule is O=C(NCc1cccc(Cl)c1)c1ccc(-c2cc(-c3ccc4c(c3)OCCO4)n[nH]2)cc1. The van der Waals surface area contributed by atoms with Gasteiger partial charge in [0.1, 0.15) is 13.2 Å². The molecule has 6 nitrogen and oxygen atoms in total. The van der Waals surface area contributed by atoms with Crippen LogP contribution in [0.25, 0.3) is 22.5 Å². The molecular formula is C25H20ClN3O3. The van der Waals surface area contributed by atoms with E-state index in [2.05, 4.69) is 15.5 Å². The predicted octanol–water partition coefficient (Wildman–Crippen LogP) is 5.10. The Hall–Kier alpha value is -3.77. The van der Waals surface area contributed by atoms with Gasteiger partial charge in [0.25, 0.3) is 5.91 Å². The number of aromatic nitrogens is 2. The summed E-state index contributed by atoms with van der Waals surface area (Å²) in [5.41, 5.74) is 5.08. The molecule has 0 saturated heterocycles. The molecule has 0 fully saturated rings. The molecule has 0 saturated carbocycles. The van der Waals surface area contributed by atoms with Crippen LogP contribution in [0, 0.1) is 0 Å². The zero-order chi connectivity index (χ0) is 21.9. The van der Waals surface area contributed by atoms with Crippen molar-refractivity contribution < 1.29 is 14.3 Å². The third-order valence-electron chi connectivity index (χ3n) is 5.22. The summed E-state index contributed by atoms with van der Waals surface area (Å²) in [6.07, 6.45) is 0. The number of ether oxygens (including phenoxy) is 2. The van der Waals surface area contributed by atoms with E-state index in [1.54, 1.807) is 18.2 Å². The van der Waals surface area contributed by atoms with Crippen molar-refractivity contribution in [1.82, 2.24) is 15.5 Å². The van der Waals surface area contributed by atoms with Gasteiger partial charge in [0.2, 0.25) is 0 Å². The van der Waals surface area contributed by atoms with Gasteiger partial charge < -0.3 is 14.8 Å². The quantitative estimate of drug-likeness (QED) is 0.448. The largest absolute Gasteiger partial charge is 0.486 e. The van der Waals surface area contributed by atoms with E-state index in [9.17, 15) is 4.79 Å². The first kappa shape index (κ1) is 20.2. The van der Waals surface area contributed by atoms with Crippen molar-refractivity contribution in [1.29, 1.82) is 0 Å². The highest BCUT2D eigenvalue weighted by Crippen LogP contribution is 2.34. The standard InChI is InChI=1S/C25H20ClN3O3/c26-20-3-1-2-16(12-20)15-27-25(30)18-6-4-17(5-7-18)21-14-22(29-28-21)19-8-9-23-24(13-19)32-11-10-31-23/h1-9,12-14H,10-11,15H2,(H,27,30)(H,28,29). The monoisotopic (exact) mass is 445 g/mol. The van der Waals surface area contributed by atoms with Crippen molar-refractivity contribution in [2.75, 3.05) is 13.2 Å². The van der Waals surface area contributed by atoms with Crippen molar-refractivity contribution in [3.8, 4) is 34.0 Å². The summed E-state index contributed by atoms with van der Waals surface area (Å²) < 4.78 is 11.2. The van der Waals surface area contributed by atoms with E-state index >= 15 is 0 Å². The zero-order valence-electron chi connectivity index (χ0n) is 17.1. The van der Waals surface area contributed by atoms with Crippen LogP contribution < -0.4 is 14.8 Å². The number of rotatable bonds is 5. The van der Waals surface area contributed by atoms with Crippen molar-refractivity contribution in [2.45, 2.75) is 6.54 Å². The first-order chi connectivity index (χ1) is 15.7. The maximum atomic E-state index is 12.5. The van der Waals surface area contributed by atoms with Gasteiger partial charge in [-0.1, -0.05) is 35.9 Å². The van der Waals surface area contributed by atoms with Crippen LogP contribution in [0.1, 0.15) is 15.9 Å². The highest BCUT2D eigenvalue weighted by molar-refractivity contribution is 6.30. The maximum absolute atomic E-state index is 12.5. The van der Waals surface area contributed by atoms with Gasteiger partial charge >= 0.3 is 0 Å². The highest BCUT2D eigenvalue weighted by atomic mass is 35.5. The van der Waals surface area contributed by atoms with Gasteiger partial charge in [-0.2, -0.15) is 5.10 Å². The number of carbonyl (C=O) groups is 1. The number of aromatic amines is 1. The molecule has 0 aliphatic carbocycles. The Kier molecular flexibility index (Phi) is 5.52. The fraction of sp³-hybridized carbons (Fsp3) is 0.120. The topological polar surface area (TPSA) is 76.2 Å². The predicted molar refractivity (Wildman–Crippen MR) is 123 cm³/mol. The molecule has 160 valence electrons. The molecule has 0 bridgehead atoms. The fourth-order valence-corrected chi connectivity index (χ4v) is 3.77. The molecule has 2 N–H and O–H groups in total. The number of halogens is 1. The van der Waals surface area contributed by atoms with Crippen LogP contribution in [0.3, 0.4) is 0 Å². The summed E-state index contributed by atoms with van der Waals surface area (Å²) in [4.78, 5) is 12.5. The van der Waals surface area contributed by atoms with E-state index in [4.69, 9.17) is 21.1 Å². The summed E-state index contributed by atoms with van der Waals surface area (Å²) in [6, 6.07) is 22.6. The molecule has 4 aromatic rings. The van der Waals surface area contributed by atoms with Crippen molar-refractivity contribution in [3.05, 3.63) is 88.9 Å². The van der Waals surface area contributed by atoms with Gasteiger partial charge in [-0.15, -0.1) is 0 Å². The molecule has 0 radical (unpaired) electrons. The lowest BCUT2D eigenvalue weighted by atomic mass is 10.1. The number of fused-ring (bicyclic) bond motifs is 1. The molecule has 1 amide bonds. The Balaban J connectivity index is 1.27. The van der Waals surface area contributed by atoms with Crippen LogP contribution in [-0.2, 0) is 6.54 Å². The van der Waals surface area contributed by atoms with E-state index in [1.807, 2.05) is 54.6 Å². The Morgan fingerprint density at radius 1 is 0.938 bits per heavy atom. The van der Waals surface area contributed by atoms with Gasteiger partial charge in [0.05, 0.1) is 11.4 Å². The maximum Gasteiger partial charge on any atom is 0.251 e. The third-order valence-corrected chi connectivity index (χ3v) is 5.45. The Morgan fingerprint density at radius 3 is 2.53 bits per heavy atom. The summed E-state index contributed by atoms with van der Waals surface area (Å²) in [7, 11) is 0. The number of benzene rings is 3.